The predicted molar refractivity (Wildman–Crippen MR) is 71.6 cm³/mol. The summed E-state index contributed by atoms with van der Waals surface area (Å²) in [5.41, 5.74) is 0.857. The minimum atomic E-state index is -0.980. The number of halogens is 1. The average Bonchev–Trinajstić information content (AvgIpc) is 3.21. The molecule has 0 radical (unpaired) electrons. The van der Waals surface area contributed by atoms with Gasteiger partial charge in [0.1, 0.15) is 11.9 Å². The number of carbonyl (C=O) groups is 2. The van der Waals surface area contributed by atoms with E-state index >= 15 is 0 Å². The number of nitrogens with one attached hydrogen (secondary N) is 1. The van der Waals surface area contributed by atoms with E-state index in [4.69, 9.17) is 5.11 Å². The van der Waals surface area contributed by atoms with Crippen molar-refractivity contribution in [2.24, 2.45) is 5.92 Å². The zero-order valence-electron chi connectivity index (χ0n) is 11.1. The second kappa shape index (κ2) is 6.50. The monoisotopic (exact) mass is 279 g/mol. The smallest absolute Gasteiger partial charge is 0.326 e. The van der Waals surface area contributed by atoms with Gasteiger partial charge in [-0.05, 0) is 36.5 Å². The van der Waals surface area contributed by atoms with E-state index in [-0.39, 0.29) is 18.1 Å². The van der Waals surface area contributed by atoms with Gasteiger partial charge in [-0.1, -0.05) is 25.0 Å². The van der Waals surface area contributed by atoms with Gasteiger partial charge in [-0.2, -0.15) is 0 Å². The molecule has 108 valence electrons. The minimum Gasteiger partial charge on any atom is -0.480 e. The van der Waals surface area contributed by atoms with Crippen LogP contribution in [0.5, 0.6) is 0 Å². The highest BCUT2D eigenvalue weighted by Gasteiger charge is 2.29. The summed E-state index contributed by atoms with van der Waals surface area (Å²) in [6, 6.07) is 5.16. The molecular weight excluding hydrogens is 261 g/mol. The Labute approximate surface area is 117 Å². The maximum absolute atomic E-state index is 12.7. The summed E-state index contributed by atoms with van der Waals surface area (Å²) in [6.45, 7) is 0. The van der Waals surface area contributed by atoms with E-state index in [1.54, 1.807) is 12.1 Å². The van der Waals surface area contributed by atoms with Crippen LogP contribution >= 0.6 is 0 Å². The van der Waals surface area contributed by atoms with Gasteiger partial charge in [-0.3, -0.25) is 4.79 Å². The first-order chi connectivity index (χ1) is 9.54. The van der Waals surface area contributed by atoms with Crippen LogP contribution in [0.1, 0.15) is 31.2 Å². The topological polar surface area (TPSA) is 66.4 Å². The molecule has 1 aliphatic rings. The Kier molecular flexibility index (Phi) is 4.71. The van der Waals surface area contributed by atoms with E-state index in [1.807, 2.05) is 0 Å². The van der Waals surface area contributed by atoms with E-state index in [0.29, 0.717) is 18.8 Å². The molecule has 0 saturated heterocycles. The standard InChI is InChI=1S/C15H18FNO3/c16-12-6-3-10(4-7-12)5-8-14(18)17-13(15(19)20)9-11-1-2-11/h3-4,6-7,11,13H,1-2,5,8-9H2,(H,17,18)(H,19,20). The van der Waals surface area contributed by atoms with Crippen LogP contribution in [0, 0.1) is 11.7 Å². The molecule has 0 aromatic heterocycles. The normalized spacial score (nSPS) is 15.7. The first-order valence-electron chi connectivity index (χ1n) is 6.81. The molecule has 1 atom stereocenters. The van der Waals surface area contributed by atoms with Gasteiger partial charge in [0.15, 0.2) is 0 Å². The van der Waals surface area contributed by atoms with Gasteiger partial charge < -0.3 is 10.4 Å². The first-order valence-corrected chi connectivity index (χ1v) is 6.81. The molecule has 0 bridgehead atoms. The van der Waals surface area contributed by atoms with Crippen molar-refractivity contribution in [2.75, 3.05) is 0 Å². The fourth-order valence-electron chi connectivity index (χ4n) is 2.08. The molecule has 1 fully saturated rings. The van der Waals surface area contributed by atoms with E-state index in [1.165, 1.54) is 12.1 Å². The highest BCUT2D eigenvalue weighted by molar-refractivity contribution is 5.83. The van der Waals surface area contributed by atoms with Crippen LogP contribution in [0.25, 0.3) is 0 Å². The number of rotatable bonds is 7. The molecule has 0 heterocycles. The van der Waals surface area contributed by atoms with Crippen molar-refractivity contribution in [2.45, 2.75) is 38.1 Å². The summed E-state index contributed by atoms with van der Waals surface area (Å²) in [6.07, 6.45) is 3.30. The fourth-order valence-corrected chi connectivity index (χ4v) is 2.08. The minimum absolute atomic E-state index is 0.208. The molecule has 0 spiro atoms. The van der Waals surface area contributed by atoms with Crippen molar-refractivity contribution < 1.29 is 19.1 Å². The van der Waals surface area contributed by atoms with Crippen molar-refractivity contribution >= 4 is 11.9 Å². The molecule has 1 aromatic carbocycles. The Morgan fingerprint density at radius 3 is 2.50 bits per heavy atom. The van der Waals surface area contributed by atoms with Gasteiger partial charge in [-0.25, -0.2) is 9.18 Å². The number of aryl methyl sites for hydroxylation is 1. The average molecular weight is 279 g/mol. The summed E-state index contributed by atoms with van der Waals surface area (Å²) < 4.78 is 12.7. The lowest BCUT2D eigenvalue weighted by Crippen LogP contribution is -2.41. The summed E-state index contributed by atoms with van der Waals surface area (Å²) >= 11 is 0. The molecule has 0 aliphatic heterocycles. The Balaban J connectivity index is 1.78. The maximum Gasteiger partial charge on any atom is 0.326 e. The lowest BCUT2D eigenvalue weighted by Gasteiger charge is -2.14. The van der Waals surface area contributed by atoms with Gasteiger partial charge in [0, 0.05) is 6.42 Å². The van der Waals surface area contributed by atoms with Gasteiger partial charge in [0.25, 0.3) is 0 Å². The van der Waals surface area contributed by atoms with Crippen LogP contribution in [0.15, 0.2) is 24.3 Å². The van der Waals surface area contributed by atoms with Gasteiger partial charge in [-0.15, -0.1) is 0 Å². The molecular formula is C15H18FNO3. The third-order valence-electron chi connectivity index (χ3n) is 3.45. The van der Waals surface area contributed by atoms with E-state index in [2.05, 4.69) is 5.32 Å². The molecule has 1 aromatic rings. The summed E-state index contributed by atoms with van der Waals surface area (Å²) in [5, 5.41) is 11.6. The molecule has 2 rings (SSSR count). The number of hydrogen-bond donors (Lipinski definition) is 2. The van der Waals surface area contributed by atoms with Gasteiger partial charge in [0.05, 0.1) is 0 Å². The summed E-state index contributed by atoms with van der Waals surface area (Å²) in [5.74, 6) is -1.13. The van der Waals surface area contributed by atoms with E-state index < -0.39 is 12.0 Å². The second-order valence-electron chi connectivity index (χ2n) is 5.26. The zero-order valence-corrected chi connectivity index (χ0v) is 11.1. The highest BCUT2D eigenvalue weighted by Crippen LogP contribution is 2.33. The molecule has 1 amide bonds. The van der Waals surface area contributed by atoms with Crippen LogP contribution in [0.3, 0.4) is 0 Å². The number of hydrogen-bond acceptors (Lipinski definition) is 2. The van der Waals surface area contributed by atoms with Crippen molar-refractivity contribution in [3.05, 3.63) is 35.6 Å². The summed E-state index contributed by atoms with van der Waals surface area (Å²) in [7, 11) is 0. The Bertz CT molecular complexity index is 482. The Hall–Kier alpha value is -1.91. The molecule has 1 saturated carbocycles. The first kappa shape index (κ1) is 14.5. The van der Waals surface area contributed by atoms with E-state index in [9.17, 15) is 14.0 Å². The lowest BCUT2D eigenvalue weighted by atomic mass is 10.1. The van der Waals surface area contributed by atoms with Gasteiger partial charge in [0.2, 0.25) is 5.91 Å². The lowest BCUT2D eigenvalue weighted by molar-refractivity contribution is -0.142. The molecule has 4 nitrogen and oxygen atoms in total. The number of carboxylic acid groups (broad SMARTS) is 1. The van der Waals surface area contributed by atoms with Crippen LogP contribution < -0.4 is 5.32 Å². The molecule has 5 heteroatoms. The third-order valence-corrected chi connectivity index (χ3v) is 3.45. The number of carbonyl (C=O) groups excluding carboxylic acids is 1. The quantitative estimate of drug-likeness (QED) is 0.803. The van der Waals surface area contributed by atoms with Gasteiger partial charge >= 0.3 is 5.97 Å². The maximum atomic E-state index is 12.7. The largest absolute Gasteiger partial charge is 0.480 e. The second-order valence-corrected chi connectivity index (χ2v) is 5.26. The van der Waals surface area contributed by atoms with Crippen LogP contribution in [0.4, 0.5) is 4.39 Å². The van der Waals surface area contributed by atoms with E-state index in [0.717, 1.165) is 18.4 Å². The number of amides is 1. The molecule has 2 N–H and O–H groups in total. The van der Waals surface area contributed by atoms with Crippen LogP contribution in [0.2, 0.25) is 0 Å². The van der Waals surface area contributed by atoms with Crippen molar-refractivity contribution in [3.8, 4) is 0 Å². The number of benzene rings is 1. The fraction of sp³-hybridized carbons (Fsp3) is 0.467. The summed E-state index contributed by atoms with van der Waals surface area (Å²) in [4.78, 5) is 22.8. The highest BCUT2D eigenvalue weighted by atomic mass is 19.1. The molecule has 1 unspecified atom stereocenters. The van der Waals surface area contributed by atoms with Crippen molar-refractivity contribution in [1.29, 1.82) is 0 Å². The zero-order chi connectivity index (χ0) is 14.5. The molecule has 1 aliphatic carbocycles. The third kappa shape index (κ3) is 4.64. The predicted octanol–water partition coefficient (Wildman–Crippen LogP) is 2.13. The number of carboxylic acids is 1. The van der Waals surface area contributed by atoms with Crippen molar-refractivity contribution in [3.63, 3.8) is 0 Å². The number of aliphatic carboxylic acids is 1. The Morgan fingerprint density at radius 2 is 1.95 bits per heavy atom. The molecule has 20 heavy (non-hydrogen) atoms. The Morgan fingerprint density at radius 1 is 1.30 bits per heavy atom. The van der Waals surface area contributed by atoms with Crippen LogP contribution in [-0.4, -0.2) is 23.0 Å². The van der Waals surface area contributed by atoms with Crippen molar-refractivity contribution in [1.82, 2.24) is 5.32 Å². The SMILES string of the molecule is O=C(CCc1ccc(F)cc1)NC(CC1CC1)C(=O)O. The van der Waals surface area contributed by atoms with Crippen LogP contribution in [-0.2, 0) is 16.0 Å².